The van der Waals surface area contributed by atoms with Gasteiger partial charge in [0.2, 0.25) is 5.91 Å². The third kappa shape index (κ3) is 4.32. The summed E-state index contributed by atoms with van der Waals surface area (Å²) in [6.45, 7) is 5.24. The third-order valence-corrected chi connectivity index (χ3v) is 5.35. The standard InChI is InChI=1S/C22H26N2O2/c25-22(21-14-20(21)19-4-2-1-3-5-19)23-15-17-6-8-18(9-7-17)16-24-10-12-26-13-11-24/h1-9,20-21H,10-16H2,(H,23,25). The second-order valence-corrected chi connectivity index (χ2v) is 7.28. The highest BCUT2D eigenvalue weighted by molar-refractivity contribution is 5.82. The van der Waals surface area contributed by atoms with Gasteiger partial charge in [0.1, 0.15) is 0 Å². The highest BCUT2D eigenvalue weighted by Crippen LogP contribution is 2.47. The monoisotopic (exact) mass is 350 g/mol. The van der Waals surface area contributed by atoms with Crippen LogP contribution in [0.3, 0.4) is 0 Å². The minimum absolute atomic E-state index is 0.137. The quantitative estimate of drug-likeness (QED) is 0.871. The summed E-state index contributed by atoms with van der Waals surface area (Å²) < 4.78 is 5.39. The molecule has 4 heteroatoms. The van der Waals surface area contributed by atoms with Crippen LogP contribution in [-0.2, 0) is 22.6 Å². The molecule has 1 aliphatic heterocycles. The molecule has 1 aliphatic carbocycles. The summed E-state index contributed by atoms with van der Waals surface area (Å²) in [4.78, 5) is 14.8. The van der Waals surface area contributed by atoms with Gasteiger partial charge in [-0.3, -0.25) is 9.69 Å². The Morgan fingerprint density at radius 2 is 1.69 bits per heavy atom. The largest absolute Gasteiger partial charge is 0.379 e. The molecule has 2 aromatic rings. The van der Waals surface area contributed by atoms with Crippen LogP contribution in [-0.4, -0.2) is 37.1 Å². The van der Waals surface area contributed by atoms with E-state index in [4.69, 9.17) is 4.74 Å². The zero-order valence-corrected chi connectivity index (χ0v) is 15.1. The zero-order valence-electron chi connectivity index (χ0n) is 15.1. The average molecular weight is 350 g/mol. The molecule has 1 saturated heterocycles. The Labute approximate surface area is 155 Å². The SMILES string of the molecule is O=C(NCc1ccc(CN2CCOCC2)cc1)C1CC1c1ccccc1. The number of hydrogen-bond donors (Lipinski definition) is 1. The van der Waals surface area contributed by atoms with Crippen molar-refractivity contribution in [1.82, 2.24) is 10.2 Å². The molecule has 2 atom stereocenters. The number of rotatable bonds is 6. The summed E-state index contributed by atoms with van der Waals surface area (Å²) in [5, 5.41) is 3.10. The van der Waals surface area contributed by atoms with Crippen LogP contribution in [0, 0.1) is 5.92 Å². The molecule has 0 aromatic heterocycles. The number of amides is 1. The Morgan fingerprint density at radius 3 is 2.42 bits per heavy atom. The zero-order chi connectivity index (χ0) is 17.8. The number of carbonyl (C=O) groups is 1. The van der Waals surface area contributed by atoms with Crippen LogP contribution in [0.15, 0.2) is 54.6 Å². The molecule has 0 spiro atoms. The molecule has 1 heterocycles. The molecule has 1 saturated carbocycles. The first-order chi connectivity index (χ1) is 12.8. The van der Waals surface area contributed by atoms with Gasteiger partial charge in [0.05, 0.1) is 13.2 Å². The van der Waals surface area contributed by atoms with Crippen molar-refractivity contribution in [2.24, 2.45) is 5.92 Å². The molecule has 2 fully saturated rings. The number of carbonyl (C=O) groups excluding carboxylic acids is 1. The van der Waals surface area contributed by atoms with E-state index in [1.807, 2.05) is 18.2 Å². The predicted octanol–water partition coefficient (Wildman–Crippen LogP) is 2.94. The van der Waals surface area contributed by atoms with Crippen LogP contribution in [0.5, 0.6) is 0 Å². The van der Waals surface area contributed by atoms with Crippen LogP contribution >= 0.6 is 0 Å². The summed E-state index contributed by atoms with van der Waals surface area (Å²) in [5.74, 6) is 0.710. The molecule has 4 nitrogen and oxygen atoms in total. The molecule has 4 rings (SSSR count). The molecule has 2 aliphatic rings. The fourth-order valence-corrected chi connectivity index (χ4v) is 3.65. The minimum atomic E-state index is 0.137. The van der Waals surface area contributed by atoms with Gasteiger partial charge in [-0.15, -0.1) is 0 Å². The van der Waals surface area contributed by atoms with Gasteiger partial charge in [0, 0.05) is 32.1 Å². The summed E-state index contributed by atoms with van der Waals surface area (Å²) >= 11 is 0. The Hall–Kier alpha value is -2.17. The molecule has 136 valence electrons. The molecule has 0 radical (unpaired) electrons. The second-order valence-electron chi connectivity index (χ2n) is 7.28. The number of ether oxygens (including phenoxy) is 1. The average Bonchev–Trinajstić information content (AvgIpc) is 3.50. The number of hydrogen-bond acceptors (Lipinski definition) is 3. The Kier molecular flexibility index (Phi) is 5.32. The van der Waals surface area contributed by atoms with E-state index >= 15 is 0 Å². The molecule has 1 N–H and O–H groups in total. The van der Waals surface area contributed by atoms with Crippen molar-refractivity contribution < 1.29 is 9.53 Å². The summed E-state index contributed by atoms with van der Waals surface area (Å²) in [6.07, 6.45) is 0.967. The minimum Gasteiger partial charge on any atom is -0.379 e. The molecule has 1 amide bonds. The molecule has 0 bridgehead atoms. The topological polar surface area (TPSA) is 41.6 Å². The van der Waals surface area contributed by atoms with Crippen molar-refractivity contribution in [1.29, 1.82) is 0 Å². The highest BCUT2D eigenvalue weighted by atomic mass is 16.5. The Morgan fingerprint density at radius 1 is 1.00 bits per heavy atom. The first-order valence-corrected chi connectivity index (χ1v) is 9.50. The Bertz CT molecular complexity index is 724. The van der Waals surface area contributed by atoms with Crippen molar-refractivity contribution in [3.05, 3.63) is 71.3 Å². The van der Waals surface area contributed by atoms with Crippen LogP contribution in [0.2, 0.25) is 0 Å². The lowest BCUT2D eigenvalue weighted by atomic mass is 10.1. The summed E-state index contributed by atoms with van der Waals surface area (Å²) in [5.41, 5.74) is 3.74. The van der Waals surface area contributed by atoms with Gasteiger partial charge in [-0.05, 0) is 29.0 Å². The fourth-order valence-electron chi connectivity index (χ4n) is 3.65. The second kappa shape index (κ2) is 8.02. The Balaban J connectivity index is 1.24. The lowest BCUT2D eigenvalue weighted by Crippen LogP contribution is -2.35. The number of nitrogens with one attached hydrogen (secondary N) is 1. The molecular weight excluding hydrogens is 324 g/mol. The van der Waals surface area contributed by atoms with Gasteiger partial charge >= 0.3 is 0 Å². The molecule has 2 unspecified atom stereocenters. The van der Waals surface area contributed by atoms with E-state index in [0.29, 0.717) is 12.5 Å². The van der Waals surface area contributed by atoms with Crippen LogP contribution in [0.25, 0.3) is 0 Å². The maximum atomic E-state index is 12.4. The fraction of sp³-hybridized carbons (Fsp3) is 0.409. The first kappa shape index (κ1) is 17.3. The predicted molar refractivity (Wildman–Crippen MR) is 102 cm³/mol. The van der Waals surface area contributed by atoms with Crippen molar-refractivity contribution >= 4 is 5.91 Å². The van der Waals surface area contributed by atoms with E-state index in [1.165, 1.54) is 11.1 Å². The summed E-state index contributed by atoms with van der Waals surface area (Å²) in [7, 11) is 0. The lowest BCUT2D eigenvalue weighted by molar-refractivity contribution is -0.122. The van der Waals surface area contributed by atoms with Gasteiger partial charge in [0.15, 0.2) is 0 Å². The van der Waals surface area contributed by atoms with E-state index in [0.717, 1.165) is 44.8 Å². The van der Waals surface area contributed by atoms with Crippen molar-refractivity contribution in [3.63, 3.8) is 0 Å². The molecule has 2 aromatic carbocycles. The van der Waals surface area contributed by atoms with Gasteiger partial charge in [-0.2, -0.15) is 0 Å². The van der Waals surface area contributed by atoms with Gasteiger partial charge < -0.3 is 10.1 Å². The number of morpholine rings is 1. The third-order valence-electron chi connectivity index (χ3n) is 5.35. The van der Waals surface area contributed by atoms with E-state index < -0.39 is 0 Å². The number of nitrogens with zero attached hydrogens (tertiary/aromatic N) is 1. The van der Waals surface area contributed by atoms with Crippen LogP contribution < -0.4 is 5.32 Å². The van der Waals surface area contributed by atoms with Crippen molar-refractivity contribution in [2.45, 2.75) is 25.4 Å². The maximum absolute atomic E-state index is 12.4. The van der Waals surface area contributed by atoms with Gasteiger partial charge in [-0.25, -0.2) is 0 Å². The van der Waals surface area contributed by atoms with Crippen LogP contribution in [0.1, 0.15) is 29.0 Å². The number of benzene rings is 2. The normalized spacial score (nSPS) is 22.8. The molecular formula is C22H26N2O2. The molecule has 26 heavy (non-hydrogen) atoms. The van der Waals surface area contributed by atoms with E-state index in [2.05, 4.69) is 46.6 Å². The summed E-state index contributed by atoms with van der Waals surface area (Å²) in [6, 6.07) is 18.9. The van der Waals surface area contributed by atoms with E-state index in [1.54, 1.807) is 0 Å². The van der Waals surface area contributed by atoms with Crippen molar-refractivity contribution in [2.75, 3.05) is 26.3 Å². The van der Waals surface area contributed by atoms with E-state index in [-0.39, 0.29) is 11.8 Å². The smallest absolute Gasteiger partial charge is 0.224 e. The van der Waals surface area contributed by atoms with Crippen molar-refractivity contribution in [3.8, 4) is 0 Å². The van der Waals surface area contributed by atoms with Gasteiger partial charge in [0.25, 0.3) is 0 Å². The first-order valence-electron chi connectivity index (χ1n) is 9.50. The maximum Gasteiger partial charge on any atom is 0.224 e. The van der Waals surface area contributed by atoms with E-state index in [9.17, 15) is 4.79 Å². The lowest BCUT2D eigenvalue weighted by Gasteiger charge is -2.26. The van der Waals surface area contributed by atoms with Gasteiger partial charge in [-0.1, -0.05) is 54.6 Å². The highest BCUT2D eigenvalue weighted by Gasteiger charge is 2.43. The van der Waals surface area contributed by atoms with Crippen LogP contribution in [0.4, 0.5) is 0 Å².